The Morgan fingerprint density at radius 3 is 2.38 bits per heavy atom. The fourth-order valence-electron chi connectivity index (χ4n) is 3.92. The van der Waals surface area contributed by atoms with Gasteiger partial charge in [-0.25, -0.2) is 8.78 Å². The number of hydrogen-bond acceptors (Lipinski definition) is 3. The molecule has 0 bridgehead atoms. The summed E-state index contributed by atoms with van der Waals surface area (Å²) in [5, 5.41) is 8.76. The number of nitrogens with zero attached hydrogens (tertiary/aromatic N) is 2. The van der Waals surface area contributed by atoms with Gasteiger partial charge in [-0.3, -0.25) is 9.59 Å². The third-order valence-electron chi connectivity index (χ3n) is 5.65. The van der Waals surface area contributed by atoms with Crippen LogP contribution in [0.15, 0.2) is 53.3 Å². The quantitative estimate of drug-likeness (QED) is 0.311. The zero-order valence-electron chi connectivity index (χ0n) is 19.1. The minimum absolute atomic E-state index is 0.0968. The molecule has 1 N–H and O–H groups in total. The summed E-state index contributed by atoms with van der Waals surface area (Å²) in [4.78, 5) is 29.0. The van der Waals surface area contributed by atoms with E-state index in [1.165, 1.54) is 32.3 Å². The molecule has 4 rings (SSSR count). The SMILES string of the molecule is CN(C)C(=O)c1cc(-c2c(F)cc3[nH]c(-c4cc(C#N)ccc4Cl)cc(=O)c3c2F)ccc1C(F)(F)F. The van der Waals surface area contributed by atoms with Crippen molar-refractivity contribution in [3.05, 3.63) is 92.1 Å². The highest BCUT2D eigenvalue weighted by molar-refractivity contribution is 6.33. The minimum Gasteiger partial charge on any atom is -0.354 e. The first-order valence-electron chi connectivity index (χ1n) is 10.5. The molecule has 0 saturated heterocycles. The lowest BCUT2D eigenvalue weighted by atomic mass is 9.95. The number of alkyl halides is 3. The van der Waals surface area contributed by atoms with Gasteiger partial charge in [-0.15, -0.1) is 0 Å². The molecular formula is C26H15ClF5N3O2. The summed E-state index contributed by atoms with van der Waals surface area (Å²) in [6.45, 7) is 0. The Balaban J connectivity index is 1.96. The first-order chi connectivity index (χ1) is 17.3. The predicted molar refractivity (Wildman–Crippen MR) is 128 cm³/mol. The predicted octanol–water partition coefficient (Wildman–Crippen LogP) is 6.39. The smallest absolute Gasteiger partial charge is 0.354 e. The molecule has 0 aliphatic carbocycles. The molecule has 0 unspecified atom stereocenters. The van der Waals surface area contributed by atoms with Crippen LogP contribution in [0.2, 0.25) is 5.02 Å². The number of nitrogens with one attached hydrogen (secondary N) is 1. The fourth-order valence-corrected chi connectivity index (χ4v) is 4.14. The number of amides is 1. The summed E-state index contributed by atoms with van der Waals surface area (Å²) < 4.78 is 71.3. The van der Waals surface area contributed by atoms with Gasteiger partial charge in [-0.2, -0.15) is 18.4 Å². The van der Waals surface area contributed by atoms with Crippen LogP contribution in [0.3, 0.4) is 0 Å². The van der Waals surface area contributed by atoms with Gasteiger partial charge in [0, 0.05) is 30.7 Å². The van der Waals surface area contributed by atoms with Crippen LogP contribution in [0.5, 0.6) is 0 Å². The molecular weight excluding hydrogens is 517 g/mol. The molecule has 4 aromatic rings. The highest BCUT2D eigenvalue weighted by atomic mass is 35.5. The van der Waals surface area contributed by atoms with Gasteiger partial charge in [0.15, 0.2) is 5.43 Å². The number of nitriles is 1. The van der Waals surface area contributed by atoms with Crippen LogP contribution in [-0.2, 0) is 6.18 Å². The van der Waals surface area contributed by atoms with Gasteiger partial charge in [-0.1, -0.05) is 17.7 Å². The number of H-pyrrole nitrogens is 1. The Bertz CT molecular complexity index is 1690. The molecule has 0 saturated carbocycles. The largest absolute Gasteiger partial charge is 0.417 e. The van der Waals surface area contributed by atoms with Crippen molar-refractivity contribution in [1.82, 2.24) is 9.88 Å². The van der Waals surface area contributed by atoms with Gasteiger partial charge in [0.25, 0.3) is 5.91 Å². The Morgan fingerprint density at radius 1 is 1.05 bits per heavy atom. The molecule has 1 aromatic heterocycles. The average Bonchev–Trinajstić information content (AvgIpc) is 2.82. The molecule has 0 aliphatic heterocycles. The number of carbonyl (C=O) groups is 1. The first kappa shape index (κ1) is 25.9. The molecule has 0 aliphatic rings. The van der Waals surface area contributed by atoms with E-state index < -0.39 is 51.2 Å². The fraction of sp³-hybridized carbons (Fsp3) is 0.115. The number of rotatable bonds is 3. The maximum absolute atomic E-state index is 15.6. The van der Waals surface area contributed by atoms with Crippen LogP contribution < -0.4 is 5.43 Å². The number of hydrogen-bond donors (Lipinski definition) is 1. The van der Waals surface area contributed by atoms with Crippen molar-refractivity contribution < 1.29 is 26.7 Å². The van der Waals surface area contributed by atoms with E-state index in [9.17, 15) is 22.8 Å². The molecule has 1 heterocycles. The number of carbonyl (C=O) groups excluding carboxylic acids is 1. The van der Waals surface area contributed by atoms with Crippen molar-refractivity contribution in [3.8, 4) is 28.5 Å². The van der Waals surface area contributed by atoms with E-state index in [0.717, 1.165) is 29.2 Å². The second-order valence-corrected chi connectivity index (χ2v) is 8.69. The van der Waals surface area contributed by atoms with Crippen LogP contribution in [0.25, 0.3) is 33.3 Å². The van der Waals surface area contributed by atoms with Crippen LogP contribution in [0.1, 0.15) is 21.5 Å². The molecule has 0 radical (unpaired) electrons. The van der Waals surface area contributed by atoms with E-state index in [4.69, 9.17) is 16.9 Å². The van der Waals surface area contributed by atoms with E-state index in [-0.39, 0.29) is 32.9 Å². The topological polar surface area (TPSA) is 77.0 Å². The summed E-state index contributed by atoms with van der Waals surface area (Å²) in [5.41, 5.74) is -3.72. The Kier molecular flexibility index (Phi) is 6.52. The third kappa shape index (κ3) is 4.66. The normalized spacial score (nSPS) is 11.4. The van der Waals surface area contributed by atoms with Crippen molar-refractivity contribution in [2.24, 2.45) is 0 Å². The standard InChI is InChI=1S/C26H15ClF5N3O2/c1-35(2)25(37)14-8-13(4-5-16(14)26(30,31)32)22-18(28)9-20-23(24(22)29)21(36)10-19(34-20)15-7-12(11-33)3-6-17(15)27/h3-10H,1-2H3,(H,34,36). The number of benzene rings is 3. The zero-order valence-corrected chi connectivity index (χ0v) is 19.9. The minimum atomic E-state index is -4.89. The lowest BCUT2D eigenvalue weighted by molar-refractivity contribution is -0.138. The Morgan fingerprint density at radius 2 is 1.76 bits per heavy atom. The number of aromatic amines is 1. The molecule has 0 spiro atoms. The second-order valence-electron chi connectivity index (χ2n) is 8.28. The van der Waals surface area contributed by atoms with E-state index in [1.807, 2.05) is 6.07 Å². The summed E-state index contributed by atoms with van der Waals surface area (Å²) in [6.07, 6.45) is -4.89. The van der Waals surface area contributed by atoms with Crippen LogP contribution in [-0.4, -0.2) is 29.9 Å². The Labute approximate surface area is 211 Å². The van der Waals surface area contributed by atoms with Crippen molar-refractivity contribution in [2.75, 3.05) is 14.1 Å². The lowest BCUT2D eigenvalue weighted by Crippen LogP contribution is -2.25. The van der Waals surface area contributed by atoms with E-state index in [1.54, 1.807) is 0 Å². The van der Waals surface area contributed by atoms with E-state index in [2.05, 4.69) is 4.98 Å². The van der Waals surface area contributed by atoms with Gasteiger partial charge in [-0.05, 0) is 42.0 Å². The number of aromatic nitrogens is 1. The molecule has 1 amide bonds. The van der Waals surface area contributed by atoms with Gasteiger partial charge in [0.05, 0.1) is 44.9 Å². The number of pyridine rings is 1. The van der Waals surface area contributed by atoms with Gasteiger partial charge < -0.3 is 9.88 Å². The zero-order chi connectivity index (χ0) is 27.2. The van der Waals surface area contributed by atoms with Gasteiger partial charge in [0.1, 0.15) is 11.6 Å². The van der Waals surface area contributed by atoms with Gasteiger partial charge in [0.2, 0.25) is 0 Å². The van der Waals surface area contributed by atoms with E-state index >= 15 is 8.78 Å². The second kappa shape index (κ2) is 9.33. The molecule has 0 fully saturated rings. The highest BCUT2D eigenvalue weighted by Gasteiger charge is 2.36. The number of halogens is 6. The van der Waals surface area contributed by atoms with Crippen molar-refractivity contribution in [2.45, 2.75) is 6.18 Å². The van der Waals surface area contributed by atoms with Crippen molar-refractivity contribution >= 4 is 28.4 Å². The maximum Gasteiger partial charge on any atom is 0.417 e. The van der Waals surface area contributed by atoms with Crippen LogP contribution in [0.4, 0.5) is 22.0 Å². The third-order valence-corrected chi connectivity index (χ3v) is 5.97. The molecule has 3 aromatic carbocycles. The van der Waals surface area contributed by atoms with Crippen molar-refractivity contribution in [1.29, 1.82) is 5.26 Å². The highest BCUT2D eigenvalue weighted by Crippen LogP contribution is 2.37. The van der Waals surface area contributed by atoms with Gasteiger partial charge >= 0.3 is 6.18 Å². The van der Waals surface area contributed by atoms with Crippen molar-refractivity contribution in [3.63, 3.8) is 0 Å². The maximum atomic E-state index is 15.6. The summed E-state index contributed by atoms with van der Waals surface area (Å²) in [5.74, 6) is -3.52. The first-order valence-corrected chi connectivity index (χ1v) is 10.9. The summed E-state index contributed by atoms with van der Waals surface area (Å²) in [7, 11) is 2.48. The molecule has 37 heavy (non-hydrogen) atoms. The van der Waals surface area contributed by atoms with Crippen LogP contribution in [0, 0.1) is 23.0 Å². The number of fused-ring (bicyclic) bond motifs is 1. The molecule has 5 nitrogen and oxygen atoms in total. The Hall–Kier alpha value is -4.23. The van der Waals surface area contributed by atoms with Crippen LogP contribution >= 0.6 is 11.6 Å². The van der Waals surface area contributed by atoms with E-state index in [0.29, 0.717) is 6.07 Å². The summed E-state index contributed by atoms with van der Waals surface area (Å²) >= 11 is 6.18. The lowest BCUT2D eigenvalue weighted by Gasteiger charge is -2.18. The molecule has 188 valence electrons. The molecule has 11 heteroatoms. The average molecular weight is 532 g/mol. The molecule has 0 atom stereocenters. The summed E-state index contributed by atoms with van der Waals surface area (Å²) in [6, 6.07) is 10.2. The monoisotopic (exact) mass is 531 g/mol.